The zero-order chi connectivity index (χ0) is 26.0. The summed E-state index contributed by atoms with van der Waals surface area (Å²) in [5, 5.41) is 20.5. The molecule has 0 saturated heterocycles. The predicted octanol–water partition coefficient (Wildman–Crippen LogP) is 6.15. The molecule has 0 aliphatic carbocycles. The van der Waals surface area contributed by atoms with E-state index in [0.717, 1.165) is 28.3 Å². The van der Waals surface area contributed by atoms with Crippen molar-refractivity contribution in [2.75, 3.05) is 6.54 Å². The van der Waals surface area contributed by atoms with E-state index >= 15 is 0 Å². The number of hydrogen-bond acceptors (Lipinski definition) is 7. The summed E-state index contributed by atoms with van der Waals surface area (Å²) >= 11 is 14.6. The molecule has 36 heavy (non-hydrogen) atoms. The van der Waals surface area contributed by atoms with E-state index in [0.29, 0.717) is 42.5 Å². The molecule has 0 unspecified atom stereocenters. The molecule has 4 rings (SSSR count). The number of nitrogens with zero attached hydrogens (tertiary/aromatic N) is 3. The van der Waals surface area contributed by atoms with Crippen molar-refractivity contribution in [1.29, 1.82) is 0 Å². The topological polar surface area (TPSA) is 96.6 Å². The van der Waals surface area contributed by atoms with Crippen LogP contribution in [-0.4, -0.2) is 38.8 Å². The van der Waals surface area contributed by atoms with Gasteiger partial charge in [0, 0.05) is 29.4 Å². The van der Waals surface area contributed by atoms with Gasteiger partial charge in [-0.2, -0.15) is 5.10 Å². The zero-order valence-electron chi connectivity index (χ0n) is 19.6. The summed E-state index contributed by atoms with van der Waals surface area (Å²) in [5.74, 6) is -0.400. The number of nitrogens with one attached hydrogen (secondary N) is 1. The molecule has 186 valence electrons. The average molecular weight is 562 g/mol. The monoisotopic (exact) mass is 560 g/mol. The molecule has 11 heteroatoms. The summed E-state index contributed by atoms with van der Waals surface area (Å²) in [6.07, 6.45) is 0. The summed E-state index contributed by atoms with van der Waals surface area (Å²) in [6.45, 7) is 3.88. The molecular weight excluding hydrogens is 539 g/mol. The lowest BCUT2D eigenvalue weighted by molar-refractivity contribution is 0.0953. The quantitative estimate of drug-likeness (QED) is 0.199. The average Bonchev–Trinajstić information content (AvgIpc) is 3.57. The fourth-order valence-corrected chi connectivity index (χ4v) is 5.55. The van der Waals surface area contributed by atoms with E-state index in [2.05, 4.69) is 15.4 Å². The van der Waals surface area contributed by atoms with Crippen molar-refractivity contribution in [1.82, 2.24) is 15.1 Å². The van der Waals surface area contributed by atoms with Gasteiger partial charge in [-0.05, 0) is 49.7 Å². The van der Waals surface area contributed by atoms with Gasteiger partial charge in [0.25, 0.3) is 5.91 Å². The highest BCUT2D eigenvalue weighted by Crippen LogP contribution is 2.40. The SMILES string of the molecule is CC(=NCC(=O)c1ccc(C(=O)NCc2cc(C)n(C)n2)s1)c1csc(-c2ccc(Cl)c(Cl)c2)c1O. The first-order valence-electron chi connectivity index (χ1n) is 10.8. The molecule has 4 aromatic rings. The highest BCUT2D eigenvalue weighted by Gasteiger charge is 2.17. The van der Waals surface area contributed by atoms with E-state index in [9.17, 15) is 14.7 Å². The number of hydrogen-bond donors (Lipinski definition) is 2. The van der Waals surface area contributed by atoms with E-state index in [1.165, 1.54) is 11.3 Å². The second kappa shape index (κ2) is 11.0. The summed E-state index contributed by atoms with van der Waals surface area (Å²) < 4.78 is 1.75. The number of rotatable bonds is 8. The highest BCUT2D eigenvalue weighted by molar-refractivity contribution is 7.16. The number of aryl methyl sites for hydroxylation is 2. The lowest BCUT2D eigenvalue weighted by Gasteiger charge is -2.03. The van der Waals surface area contributed by atoms with Crippen LogP contribution >= 0.6 is 45.9 Å². The van der Waals surface area contributed by atoms with E-state index in [1.807, 2.05) is 20.0 Å². The van der Waals surface area contributed by atoms with Gasteiger partial charge in [0.1, 0.15) is 12.3 Å². The third-order valence-electron chi connectivity index (χ3n) is 5.50. The molecule has 0 bridgehead atoms. The van der Waals surface area contributed by atoms with Gasteiger partial charge < -0.3 is 10.4 Å². The Morgan fingerprint density at radius 2 is 1.89 bits per heavy atom. The maximum Gasteiger partial charge on any atom is 0.261 e. The van der Waals surface area contributed by atoms with Gasteiger partial charge in [0.05, 0.1) is 36.9 Å². The Morgan fingerprint density at radius 3 is 2.58 bits per heavy atom. The van der Waals surface area contributed by atoms with Gasteiger partial charge in [-0.3, -0.25) is 19.3 Å². The van der Waals surface area contributed by atoms with Gasteiger partial charge in [-0.1, -0.05) is 29.3 Å². The first-order valence-corrected chi connectivity index (χ1v) is 13.3. The number of amides is 1. The molecule has 7 nitrogen and oxygen atoms in total. The number of ketones is 1. The Bertz CT molecular complexity index is 1470. The smallest absolute Gasteiger partial charge is 0.261 e. The number of thiophene rings is 2. The van der Waals surface area contributed by atoms with Crippen molar-refractivity contribution in [3.63, 3.8) is 0 Å². The molecule has 3 aromatic heterocycles. The summed E-state index contributed by atoms with van der Waals surface area (Å²) in [6, 6.07) is 10.3. The van der Waals surface area contributed by atoms with E-state index in [4.69, 9.17) is 23.2 Å². The van der Waals surface area contributed by atoms with Crippen molar-refractivity contribution in [2.24, 2.45) is 12.0 Å². The van der Waals surface area contributed by atoms with Crippen LogP contribution in [0.3, 0.4) is 0 Å². The Kier molecular flexibility index (Phi) is 7.94. The Hall–Kier alpha value is -2.98. The molecule has 0 fully saturated rings. The molecular formula is C25H22Cl2N4O3S2. The van der Waals surface area contributed by atoms with Crippen LogP contribution in [0, 0.1) is 6.92 Å². The van der Waals surface area contributed by atoms with Crippen molar-refractivity contribution >= 4 is 63.3 Å². The van der Waals surface area contributed by atoms with Gasteiger partial charge in [-0.25, -0.2) is 0 Å². The molecule has 0 aliphatic rings. The first-order chi connectivity index (χ1) is 17.1. The fraction of sp³-hybridized carbons (Fsp3) is 0.200. The molecule has 3 heterocycles. The van der Waals surface area contributed by atoms with E-state index < -0.39 is 0 Å². The number of halogens is 2. The van der Waals surface area contributed by atoms with Crippen molar-refractivity contribution in [2.45, 2.75) is 20.4 Å². The van der Waals surface area contributed by atoms with E-state index in [1.54, 1.807) is 47.3 Å². The molecule has 1 aromatic carbocycles. The first kappa shape index (κ1) is 26.1. The molecule has 0 saturated carbocycles. The van der Waals surface area contributed by atoms with Gasteiger partial charge in [0.15, 0.2) is 5.78 Å². The van der Waals surface area contributed by atoms with Crippen LogP contribution in [0.2, 0.25) is 10.0 Å². The minimum absolute atomic E-state index is 0.0743. The summed E-state index contributed by atoms with van der Waals surface area (Å²) in [5.41, 5.74) is 3.58. The fourth-order valence-electron chi connectivity index (χ4n) is 3.39. The predicted molar refractivity (Wildman–Crippen MR) is 146 cm³/mol. The molecule has 0 radical (unpaired) electrons. The van der Waals surface area contributed by atoms with Crippen LogP contribution in [0.1, 0.15) is 43.2 Å². The number of Topliss-reactive ketones (excluding diaryl/α,β-unsaturated/α-hetero) is 1. The minimum atomic E-state index is -0.264. The number of carbonyl (C=O) groups is 2. The van der Waals surface area contributed by atoms with Crippen LogP contribution < -0.4 is 5.32 Å². The molecule has 0 aliphatic heterocycles. The Balaban J connectivity index is 1.39. The van der Waals surface area contributed by atoms with Crippen molar-refractivity contribution < 1.29 is 14.7 Å². The summed E-state index contributed by atoms with van der Waals surface area (Å²) in [4.78, 5) is 31.1. The Morgan fingerprint density at radius 1 is 1.14 bits per heavy atom. The van der Waals surface area contributed by atoms with Crippen LogP contribution in [0.25, 0.3) is 10.4 Å². The maximum absolute atomic E-state index is 12.7. The number of aromatic nitrogens is 2. The van der Waals surface area contributed by atoms with Gasteiger partial charge in [0.2, 0.25) is 0 Å². The number of aromatic hydroxyl groups is 1. The van der Waals surface area contributed by atoms with Crippen LogP contribution in [0.15, 0.2) is 46.8 Å². The second-order valence-corrected chi connectivity index (χ2v) is 10.8. The third kappa shape index (κ3) is 5.70. The van der Waals surface area contributed by atoms with E-state index in [-0.39, 0.29) is 24.0 Å². The largest absolute Gasteiger partial charge is 0.506 e. The van der Waals surface area contributed by atoms with Crippen LogP contribution in [-0.2, 0) is 13.6 Å². The normalized spacial score (nSPS) is 11.6. The van der Waals surface area contributed by atoms with Crippen LogP contribution in [0.4, 0.5) is 0 Å². The molecule has 0 atom stereocenters. The lowest BCUT2D eigenvalue weighted by atomic mass is 10.1. The Labute approximate surface area is 226 Å². The number of benzene rings is 1. The standard InChI is InChI=1S/C25H22Cl2N4O3S2/c1-13-8-16(30-31(13)3)10-29-25(34)22-7-6-21(36-22)20(32)11-28-14(2)17-12-35-24(23(17)33)15-4-5-18(26)19(27)9-15/h4-9,12,33H,10-11H2,1-3H3,(H,29,34). The van der Waals surface area contributed by atoms with Crippen LogP contribution in [0.5, 0.6) is 5.75 Å². The lowest BCUT2D eigenvalue weighted by Crippen LogP contribution is -2.22. The molecule has 1 amide bonds. The third-order valence-corrected chi connectivity index (χ3v) is 8.38. The second-order valence-electron chi connectivity index (χ2n) is 8.03. The van der Waals surface area contributed by atoms with Crippen molar-refractivity contribution in [3.8, 4) is 16.2 Å². The number of aliphatic imine (C=N–C) groups is 1. The zero-order valence-corrected chi connectivity index (χ0v) is 22.8. The molecule has 0 spiro atoms. The maximum atomic E-state index is 12.7. The van der Waals surface area contributed by atoms with Gasteiger partial charge in [-0.15, -0.1) is 22.7 Å². The minimum Gasteiger partial charge on any atom is -0.506 e. The number of carbonyl (C=O) groups excluding carboxylic acids is 2. The summed E-state index contributed by atoms with van der Waals surface area (Å²) in [7, 11) is 1.84. The molecule has 2 N–H and O–H groups in total. The van der Waals surface area contributed by atoms with Crippen molar-refractivity contribution in [3.05, 3.63) is 78.5 Å². The highest BCUT2D eigenvalue weighted by atomic mass is 35.5. The van der Waals surface area contributed by atoms with Gasteiger partial charge >= 0.3 is 0 Å².